The van der Waals surface area contributed by atoms with E-state index in [1.54, 1.807) is 6.92 Å². The summed E-state index contributed by atoms with van der Waals surface area (Å²) >= 11 is 0. The molecule has 0 spiro atoms. The lowest BCUT2D eigenvalue weighted by Gasteiger charge is -2.62. The molecule has 6 aliphatic rings. The van der Waals surface area contributed by atoms with Crippen molar-refractivity contribution in [3.8, 4) is 0 Å². The number of allylic oxidation sites excluding steroid dienone is 1. The summed E-state index contributed by atoms with van der Waals surface area (Å²) < 4.78 is 23.4. The Kier molecular flexibility index (Phi) is 4.72. The summed E-state index contributed by atoms with van der Waals surface area (Å²) in [7, 11) is 0. The number of carboxylic acids is 1. The fourth-order valence-corrected chi connectivity index (χ4v) is 6.54. The minimum Gasteiger partial charge on any atom is -0.497 e. The Labute approximate surface area is 166 Å². The van der Waals surface area contributed by atoms with Gasteiger partial charge in [0.05, 0.1) is 43.2 Å². The lowest BCUT2D eigenvalue weighted by Crippen LogP contribution is -2.58. The molecule has 4 bridgehead atoms. The standard InChI is InChI=1S/C22H32O6/c1-14(20(23)24)19(25-4-2-17-11-26-17)21-7-15-6-16(8-21)10-22(9-15,13-21)28-5-3-18-12-27-18/h15-18H,2-13H2,1H3,(H,23,24). The maximum atomic E-state index is 11.9. The van der Waals surface area contributed by atoms with E-state index in [0.717, 1.165) is 70.5 Å². The zero-order chi connectivity index (χ0) is 19.4. The van der Waals surface area contributed by atoms with Gasteiger partial charge in [0.1, 0.15) is 5.76 Å². The smallest absolute Gasteiger partial charge is 0.334 e. The average Bonchev–Trinajstić information content (AvgIpc) is 3.51. The highest BCUT2D eigenvalue weighted by Gasteiger charge is 2.60. The molecule has 2 aliphatic heterocycles. The zero-order valence-electron chi connectivity index (χ0n) is 16.8. The molecule has 0 aromatic rings. The molecule has 6 rings (SSSR count). The van der Waals surface area contributed by atoms with E-state index in [0.29, 0.717) is 36.2 Å². The van der Waals surface area contributed by atoms with Gasteiger partial charge in [-0.1, -0.05) is 0 Å². The third kappa shape index (κ3) is 3.71. The molecule has 0 aromatic heterocycles. The van der Waals surface area contributed by atoms with E-state index in [4.69, 9.17) is 18.9 Å². The second-order valence-corrected chi connectivity index (χ2v) is 9.87. The van der Waals surface area contributed by atoms with Crippen molar-refractivity contribution in [2.75, 3.05) is 26.4 Å². The van der Waals surface area contributed by atoms with E-state index in [-0.39, 0.29) is 11.0 Å². The van der Waals surface area contributed by atoms with Gasteiger partial charge in [-0.2, -0.15) is 0 Å². The molecule has 4 saturated carbocycles. The van der Waals surface area contributed by atoms with Crippen LogP contribution in [0, 0.1) is 17.3 Å². The summed E-state index contributed by atoms with van der Waals surface area (Å²) in [4.78, 5) is 11.9. The summed E-state index contributed by atoms with van der Waals surface area (Å²) in [6.45, 7) is 4.67. The highest BCUT2D eigenvalue weighted by molar-refractivity contribution is 5.86. The van der Waals surface area contributed by atoms with Gasteiger partial charge in [0.15, 0.2) is 0 Å². The number of rotatable bonds is 10. The van der Waals surface area contributed by atoms with Crippen LogP contribution in [0.1, 0.15) is 58.3 Å². The SMILES string of the molecule is CC(C(=O)O)=C(OCCC1CO1)C12CC3CC(CC(OCCC4CO4)(C3)C1)C2. The maximum absolute atomic E-state index is 11.9. The molecule has 2 heterocycles. The van der Waals surface area contributed by atoms with Crippen molar-refractivity contribution >= 4 is 5.97 Å². The van der Waals surface area contributed by atoms with Gasteiger partial charge in [-0.25, -0.2) is 4.79 Å². The molecule has 0 aromatic carbocycles. The van der Waals surface area contributed by atoms with E-state index in [1.807, 2.05) is 0 Å². The van der Waals surface area contributed by atoms with E-state index >= 15 is 0 Å². The third-order valence-corrected chi connectivity index (χ3v) is 7.49. The highest BCUT2D eigenvalue weighted by atomic mass is 16.6. The Hall–Kier alpha value is -1.11. The molecule has 4 aliphatic carbocycles. The Morgan fingerprint density at radius 2 is 1.64 bits per heavy atom. The van der Waals surface area contributed by atoms with Crippen LogP contribution in [0.4, 0.5) is 0 Å². The van der Waals surface area contributed by atoms with Crippen LogP contribution in [0.25, 0.3) is 0 Å². The number of carboxylic acid groups (broad SMARTS) is 1. The van der Waals surface area contributed by atoms with Gasteiger partial charge in [0.25, 0.3) is 0 Å². The first-order chi connectivity index (χ1) is 13.5. The van der Waals surface area contributed by atoms with E-state index in [9.17, 15) is 9.90 Å². The summed E-state index contributed by atoms with van der Waals surface area (Å²) in [6.07, 6.45) is 8.97. The van der Waals surface area contributed by atoms with Crippen molar-refractivity contribution in [2.24, 2.45) is 17.3 Å². The van der Waals surface area contributed by atoms with E-state index in [2.05, 4.69) is 0 Å². The van der Waals surface area contributed by atoms with E-state index in [1.165, 1.54) is 6.42 Å². The first kappa shape index (κ1) is 18.9. The fraction of sp³-hybridized carbons (Fsp3) is 0.864. The second kappa shape index (κ2) is 6.99. The molecule has 6 heteroatoms. The van der Waals surface area contributed by atoms with Crippen LogP contribution in [0.3, 0.4) is 0 Å². The maximum Gasteiger partial charge on any atom is 0.334 e. The van der Waals surface area contributed by atoms with Gasteiger partial charge < -0.3 is 24.1 Å². The molecule has 28 heavy (non-hydrogen) atoms. The predicted molar refractivity (Wildman–Crippen MR) is 101 cm³/mol. The average molecular weight is 392 g/mol. The fourth-order valence-electron chi connectivity index (χ4n) is 6.54. The van der Waals surface area contributed by atoms with Gasteiger partial charge >= 0.3 is 5.97 Å². The summed E-state index contributed by atoms with van der Waals surface area (Å²) in [5.41, 5.74) is 0.0964. The molecule has 4 atom stereocenters. The molecule has 1 N–H and O–H groups in total. The predicted octanol–water partition coefficient (Wildman–Crippen LogP) is 3.30. The van der Waals surface area contributed by atoms with Crippen molar-refractivity contribution < 1.29 is 28.8 Å². The molecule has 0 amide bonds. The number of carbonyl (C=O) groups is 1. The Morgan fingerprint density at radius 1 is 1.04 bits per heavy atom. The van der Waals surface area contributed by atoms with Crippen molar-refractivity contribution in [1.29, 1.82) is 0 Å². The Bertz CT molecular complexity index is 648. The number of hydrogen-bond acceptors (Lipinski definition) is 5. The minimum absolute atomic E-state index is 0.105. The molecular weight excluding hydrogens is 360 g/mol. The van der Waals surface area contributed by atoms with Crippen LogP contribution < -0.4 is 0 Å². The molecule has 4 unspecified atom stereocenters. The van der Waals surface area contributed by atoms with Crippen molar-refractivity contribution in [2.45, 2.75) is 76.1 Å². The number of ether oxygens (including phenoxy) is 4. The largest absolute Gasteiger partial charge is 0.497 e. The molecule has 6 fully saturated rings. The van der Waals surface area contributed by atoms with Crippen molar-refractivity contribution in [3.63, 3.8) is 0 Å². The van der Waals surface area contributed by atoms with Gasteiger partial charge in [-0.05, 0) is 63.7 Å². The number of aliphatic carboxylic acids is 1. The molecule has 0 radical (unpaired) electrons. The Morgan fingerprint density at radius 3 is 2.21 bits per heavy atom. The molecule has 6 nitrogen and oxygen atoms in total. The summed E-state index contributed by atoms with van der Waals surface area (Å²) in [5.74, 6) is 1.10. The van der Waals surface area contributed by atoms with Crippen LogP contribution in [-0.2, 0) is 23.7 Å². The van der Waals surface area contributed by atoms with Crippen LogP contribution >= 0.6 is 0 Å². The third-order valence-electron chi connectivity index (χ3n) is 7.49. The van der Waals surface area contributed by atoms with Crippen LogP contribution in [0.15, 0.2) is 11.3 Å². The number of hydrogen-bond donors (Lipinski definition) is 1. The Balaban J connectivity index is 1.37. The first-order valence-corrected chi connectivity index (χ1v) is 10.9. The lowest BCUT2D eigenvalue weighted by molar-refractivity contribution is -0.193. The van der Waals surface area contributed by atoms with Crippen molar-refractivity contribution in [1.82, 2.24) is 0 Å². The highest BCUT2D eigenvalue weighted by Crippen LogP contribution is 2.65. The van der Waals surface area contributed by atoms with E-state index < -0.39 is 5.97 Å². The first-order valence-electron chi connectivity index (χ1n) is 10.9. The van der Waals surface area contributed by atoms with Crippen molar-refractivity contribution in [3.05, 3.63) is 11.3 Å². The molecule has 2 saturated heterocycles. The van der Waals surface area contributed by atoms with Gasteiger partial charge in [-0.15, -0.1) is 0 Å². The van der Waals surface area contributed by atoms with Crippen LogP contribution in [0.2, 0.25) is 0 Å². The zero-order valence-corrected chi connectivity index (χ0v) is 16.8. The lowest BCUT2D eigenvalue weighted by atomic mass is 9.47. The minimum atomic E-state index is -0.866. The van der Waals surface area contributed by atoms with Gasteiger partial charge in [-0.3, -0.25) is 0 Å². The monoisotopic (exact) mass is 392 g/mol. The quantitative estimate of drug-likeness (QED) is 0.349. The molecule has 156 valence electrons. The van der Waals surface area contributed by atoms with Gasteiger partial charge in [0, 0.05) is 18.4 Å². The van der Waals surface area contributed by atoms with Crippen LogP contribution in [-0.4, -0.2) is 55.3 Å². The van der Waals surface area contributed by atoms with Gasteiger partial charge in [0.2, 0.25) is 0 Å². The summed E-state index contributed by atoms with van der Waals surface area (Å²) in [5, 5.41) is 9.74. The van der Waals surface area contributed by atoms with Crippen LogP contribution in [0.5, 0.6) is 0 Å². The topological polar surface area (TPSA) is 80.8 Å². The second-order valence-electron chi connectivity index (χ2n) is 9.87. The number of epoxide rings is 2. The molecular formula is C22H32O6. The summed E-state index contributed by atoms with van der Waals surface area (Å²) in [6, 6.07) is 0. The normalized spacial score (nSPS) is 43.6.